The van der Waals surface area contributed by atoms with Crippen LogP contribution in [0.3, 0.4) is 0 Å². The number of nitrogen functional groups attached to an aromatic ring is 1. The van der Waals surface area contributed by atoms with Gasteiger partial charge in [0.1, 0.15) is 0 Å². The number of benzene rings is 2. The van der Waals surface area contributed by atoms with Crippen molar-refractivity contribution in [2.45, 2.75) is 25.7 Å². The minimum absolute atomic E-state index is 0.0136. The lowest BCUT2D eigenvalue weighted by molar-refractivity contribution is -0.137. The molecule has 1 amide bonds. The second-order valence-corrected chi connectivity index (χ2v) is 9.91. The summed E-state index contributed by atoms with van der Waals surface area (Å²) >= 11 is 0. The quantitative estimate of drug-likeness (QED) is 0.508. The first-order valence-electron chi connectivity index (χ1n) is 12.5. The summed E-state index contributed by atoms with van der Waals surface area (Å²) in [5, 5.41) is 2.80. The Morgan fingerprint density at radius 2 is 1.71 bits per heavy atom. The molecule has 8 nitrogen and oxygen atoms in total. The SMILES string of the molecule is CN1CCN(Cc2cc(C(=O)Nc3ccc4c(c3)N(Cc3cnc(N)nc3)CC4)cc(C(F)(F)F)c2)CC1. The summed E-state index contributed by atoms with van der Waals surface area (Å²) in [4.78, 5) is 27.7. The summed E-state index contributed by atoms with van der Waals surface area (Å²) in [5.41, 5.74) is 8.73. The van der Waals surface area contributed by atoms with Gasteiger partial charge in [-0.3, -0.25) is 9.69 Å². The van der Waals surface area contributed by atoms with Crippen LogP contribution in [-0.4, -0.2) is 65.4 Å². The molecular formula is C27H30F3N7O. The molecule has 2 aliphatic rings. The Balaban J connectivity index is 1.34. The smallest absolute Gasteiger partial charge is 0.368 e. The van der Waals surface area contributed by atoms with E-state index in [1.165, 1.54) is 0 Å². The molecule has 3 N–H and O–H groups in total. The highest BCUT2D eigenvalue weighted by atomic mass is 19.4. The maximum atomic E-state index is 13.7. The normalized spacial score (nSPS) is 16.5. The van der Waals surface area contributed by atoms with Crippen molar-refractivity contribution in [3.63, 3.8) is 0 Å². The summed E-state index contributed by atoms with van der Waals surface area (Å²) in [5.74, 6) is -0.367. The number of nitrogens with zero attached hydrogens (tertiary/aromatic N) is 5. The van der Waals surface area contributed by atoms with Crippen LogP contribution < -0.4 is 16.0 Å². The fourth-order valence-corrected chi connectivity index (χ4v) is 4.90. The number of carbonyl (C=O) groups is 1. The fraction of sp³-hybridized carbons (Fsp3) is 0.370. The number of hydrogen-bond donors (Lipinski definition) is 2. The van der Waals surface area contributed by atoms with E-state index in [9.17, 15) is 18.0 Å². The van der Waals surface area contributed by atoms with Crippen molar-refractivity contribution in [2.24, 2.45) is 0 Å². The van der Waals surface area contributed by atoms with Gasteiger partial charge in [-0.05, 0) is 54.9 Å². The number of piperazine rings is 1. The second kappa shape index (κ2) is 10.6. The Labute approximate surface area is 219 Å². The minimum Gasteiger partial charge on any atom is -0.368 e. The molecule has 0 bridgehead atoms. The predicted molar refractivity (Wildman–Crippen MR) is 140 cm³/mol. The van der Waals surface area contributed by atoms with E-state index in [1.54, 1.807) is 24.5 Å². The van der Waals surface area contributed by atoms with Gasteiger partial charge in [0.05, 0.1) is 5.56 Å². The Morgan fingerprint density at radius 1 is 0.974 bits per heavy atom. The van der Waals surface area contributed by atoms with Gasteiger partial charge in [-0.15, -0.1) is 0 Å². The first-order chi connectivity index (χ1) is 18.1. The Morgan fingerprint density at radius 3 is 2.42 bits per heavy atom. The van der Waals surface area contributed by atoms with Gasteiger partial charge >= 0.3 is 6.18 Å². The molecule has 1 saturated heterocycles. The van der Waals surface area contributed by atoms with E-state index in [0.717, 1.165) is 68.1 Å². The molecular weight excluding hydrogens is 495 g/mol. The number of hydrogen-bond acceptors (Lipinski definition) is 7. The van der Waals surface area contributed by atoms with Gasteiger partial charge in [0.2, 0.25) is 5.95 Å². The third-order valence-corrected chi connectivity index (χ3v) is 7.02. The molecule has 1 aromatic heterocycles. The number of halogens is 3. The molecule has 0 spiro atoms. The lowest BCUT2D eigenvalue weighted by Crippen LogP contribution is -2.43. The average molecular weight is 526 g/mol. The molecule has 2 aliphatic heterocycles. The van der Waals surface area contributed by atoms with Gasteiger partial charge in [-0.2, -0.15) is 13.2 Å². The predicted octanol–water partition coefficient (Wildman–Crippen LogP) is 3.64. The number of anilines is 3. The maximum absolute atomic E-state index is 13.7. The topological polar surface area (TPSA) is 90.6 Å². The van der Waals surface area contributed by atoms with E-state index >= 15 is 0 Å². The molecule has 5 rings (SSSR count). The highest BCUT2D eigenvalue weighted by Gasteiger charge is 2.32. The molecule has 0 radical (unpaired) electrons. The molecule has 0 atom stereocenters. The van der Waals surface area contributed by atoms with Crippen molar-refractivity contribution in [2.75, 3.05) is 55.7 Å². The van der Waals surface area contributed by atoms with Gasteiger partial charge in [-0.25, -0.2) is 9.97 Å². The van der Waals surface area contributed by atoms with Gasteiger partial charge in [0.15, 0.2) is 0 Å². The number of nitrogens with one attached hydrogen (secondary N) is 1. The number of likely N-dealkylation sites (N-methyl/N-ethyl adjacent to an activating group) is 1. The number of nitrogens with two attached hydrogens (primary N) is 1. The highest BCUT2D eigenvalue weighted by Crippen LogP contribution is 2.33. The molecule has 1 fully saturated rings. The zero-order chi connectivity index (χ0) is 26.9. The second-order valence-electron chi connectivity index (χ2n) is 9.91. The molecule has 11 heteroatoms. The van der Waals surface area contributed by atoms with Crippen molar-refractivity contribution >= 4 is 23.2 Å². The van der Waals surface area contributed by atoms with Crippen LogP contribution in [0.4, 0.5) is 30.5 Å². The third-order valence-electron chi connectivity index (χ3n) is 7.02. The molecule has 2 aromatic carbocycles. The van der Waals surface area contributed by atoms with E-state index in [0.29, 0.717) is 24.3 Å². The van der Waals surface area contributed by atoms with Gasteiger partial charge in [0.25, 0.3) is 5.91 Å². The van der Waals surface area contributed by atoms with Crippen LogP contribution in [-0.2, 0) is 25.7 Å². The standard InChI is InChI=1S/C27H30F3N7O/c1-35-6-8-36(9-7-35)16-18-10-21(12-22(11-18)27(28,29)30)25(38)34-23-3-2-20-4-5-37(24(20)13-23)17-19-14-32-26(31)33-15-19/h2-3,10-15H,4-9,16-17H2,1H3,(H,34,38)(H2,31,32,33). The van der Waals surface area contributed by atoms with Crippen LogP contribution in [0.1, 0.15) is 32.6 Å². The van der Waals surface area contributed by atoms with Crippen LogP contribution in [0, 0.1) is 0 Å². The molecule has 38 heavy (non-hydrogen) atoms. The summed E-state index contributed by atoms with van der Waals surface area (Å²) in [7, 11) is 2.02. The first-order valence-corrected chi connectivity index (χ1v) is 12.5. The van der Waals surface area contributed by atoms with Gasteiger partial charge in [-0.1, -0.05) is 6.07 Å². The zero-order valence-corrected chi connectivity index (χ0v) is 21.1. The van der Waals surface area contributed by atoms with E-state index in [2.05, 4.69) is 30.0 Å². The van der Waals surface area contributed by atoms with Gasteiger partial charge < -0.3 is 20.9 Å². The van der Waals surface area contributed by atoms with E-state index in [1.807, 2.05) is 19.2 Å². The zero-order valence-electron chi connectivity index (χ0n) is 21.1. The summed E-state index contributed by atoms with van der Waals surface area (Å²) in [6.45, 7) is 4.97. The molecule has 0 saturated carbocycles. The Hall–Kier alpha value is -3.70. The van der Waals surface area contributed by atoms with Crippen molar-refractivity contribution < 1.29 is 18.0 Å². The van der Waals surface area contributed by atoms with Crippen molar-refractivity contribution in [1.29, 1.82) is 0 Å². The lowest BCUT2D eigenvalue weighted by atomic mass is 10.0. The monoisotopic (exact) mass is 525 g/mol. The van der Waals surface area contributed by atoms with Crippen LogP contribution in [0.5, 0.6) is 0 Å². The van der Waals surface area contributed by atoms with E-state index < -0.39 is 17.6 Å². The molecule has 0 aliphatic carbocycles. The number of alkyl halides is 3. The number of carbonyl (C=O) groups excluding carboxylic acids is 1. The third kappa shape index (κ3) is 6.05. The fourth-order valence-electron chi connectivity index (χ4n) is 4.90. The molecule has 0 unspecified atom stereocenters. The Bertz CT molecular complexity index is 1310. The van der Waals surface area contributed by atoms with E-state index in [-0.39, 0.29) is 11.5 Å². The average Bonchev–Trinajstić information content (AvgIpc) is 3.28. The minimum atomic E-state index is -4.55. The molecule has 3 heterocycles. The van der Waals surface area contributed by atoms with Crippen LogP contribution in [0.15, 0.2) is 48.8 Å². The first kappa shape index (κ1) is 25.9. The van der Waals surface area contributed by atoms with Gasteiger partial charge in [0, 0.05) is 80.7 Å². The van der Waals surface area contributed by atoms with Crippen molar-refractivity contribution in [1.82, 2.24) is 19.8 Å². The summed E-state index contributed by atoms with van der Waals surface area (Å²) in [6.07, 6.45) is -0.339. The van der Waals surface area contributed by atoms with Crippen LogP contribution >= 0.6 is 0 Å². The number of rotatable bonds is 6. The Kier molecular flexibility index (Phi) is 7.22. The van der Waals surface area contributed by atoms with Crippen LogP contribution in [0.2, 0.25) is 0 Å². The molecule has 3 aromatic rings. The highest BCUT2D eigenvalue weighted by molar-refractivity contribution is 6.04. The largest absolute Gasteiger partial charge is 0.416 e. The van der Waals surface area contributed by atoms with Crippen molar-refractivity contribution in [3.05, 3.63) is 76.6 Å². The number of aromatic nitrogens is 2. The van der Waals surface area contributed by atoms with E-state index in [4.69, 9.17) is 5.73 Å². The van der Waals surface area contributed by atoms with Crippen LogP contribution in [0.25, 0.3) is 0 Å². The van der Waals surface area contributed by atoms with Crippen molar-refractivity contribution in [3.8, 4) is 0 Å². The lowest BCUT2D eigenvalue weighted by Gasteiger charge is -2.32. The maximum Gasteiger partial charge on any atom is 0.416 e. The molecule has 200 valence electrons. The number of fused-ring (bicyclic) bond motifs is 1. The summed E-state index contributed by atoms with van der Waals surface area (Å²) in [6, 6.07) is 9.20. The summed E-state index contributed by atoms with van der Waals surface area (Å²) < 4.78 is 41.1. The number of amides is 1.